The van der Waals surface area contributed by atoms with Crippen LogP contribution in [0.15, 0.2) is 18.2 Å². The van der Waals surface area contributed by atoms with E-state index in [1.165, 1.54) is 0 Å². The Labute approximate surface area is 96.7 Å². The second-order valence-corrected chi connectivity index (χ2v) is 4.69. The molecule has 0 aliphatic heterocycles. The van der Waals surface area contributed by atoms with E-state index in [1.807, 2.05) is 50.9 Å². The van der Waals surface area contributed by atoms with E-state index < -0.39 is 0 Å². The number of aldehydes is 1. The number of carbonyl (C=O) groups is 1. The summed E-state index contributed by atoms with van der Waals surface area (Å²) in [6.07, 6.45) is 0.857. The van der Waals surface area contributed by atoms with E-state index in [0.29, 0.717) is 5.56 Å². The lowest BCUT2D eigenvalue weighted by Crippen LogP contribution is -2.44. The smallest absolute Gasteiger partial charge is 0.150 e. The number of likely N-dealkylation sites (N-methyl/N-ethyl adjacent to an activating group) is 1. The first-order chi connectivity index (χ1) is 7.42. The Morgan fingerprint density at radius 3 is 2.50 bits per heavy atom. The van der Waals surface area contributed by atoms with Crippen molar-refractivity contribution in [2.24, 2.45) is 0 Å². The van der Waals surface area contributed by atoms with E-state index in [2.05, 4.69) is 0 Å². The number of aliphatic hydroxyl groups is 1. The molecule has 88 valence electrons. The van der Waals surface area contributed by atoms with Crippen molar-refractivity contribution in [1.82, 2.24) is 0 Å². The van der Waals surface area contributed by atoms with Crippen molar-refractivity contribution in [3.05, 3.63) is 29.3 Å². The van der Waals surface area contributed by atoms with Crippen molar-refractivity contribution in [1.29, 1.82) is 0 Å². The highest BCUT2D eigenvalue weighted by Crippen LogP contribution is 2.23. The lowest BCUT2D eigenvalue weighted by atomic mass is 10.0. The van der Waals surface area contributed by atoms with Gasteiger partial charge in [0.05, 0.1) is 12.1 Å². The lowest BCUT2D eigenvalue weighted by molar-refractivity contribution is 0.112. The molecule has 0 bridgehead atoms. The van der Waals surface area contributed by atoms with Crippen LogP contribution < -0.4 is 4.90 Å². The fourth-order valence-electron chi connectivity index (χ4n) is 1.46. The maximum atomic E-state index is 10.7. The topological polar surface area (TPSA) is 40.5 Å². The van der Waals surface area contributed by atoms with Gasteiger partial charge < -0.3 is 10.0 Å². The predicted octanol–water partition coefficient (Wildman–Crippen LogP) is 2.01. The van der Waals surface area contributed by atoms with Crippen molar-refractivity contribution in [3.8, 4) is 0 Å². The van der Waals surface area contributed by atoms with E-state index in [9.17, 15) is 9.90 Å². The van der Waals surface area contributed by atoms with Crippen molar-refractivity contribution in [2.45, 2.75) is 26.3 Å². The quantitative estimate of drug-likeness (QED) is 0.791. The molecule has 0 aromatic heterocycles. The molecule has 0 saturated carbocycles. The molecule has 0 aliphatic carbocycles. The third kappa shape index (κ3) is 2.42. The van der Waals surface area contributed by atoms with Gasteiger partial charge in [-0.25, -0.2) is 0 Å². The molecule has 0 aliphatic rings. The molecule has 1 aromatic rings. The molecule has 1 aromatic carbocycles. The van der Waals surface area contributed by atoms with Gasteiger partial charge in [0.25, 0.3) is 0 Å². The molecule has 0 saturated heterocycles. The van der Waals surface area contributed by atoms with Crippen LogP contribution in [0.2, 0.25) is 0 Å². The van der Waals surface area contributed by atoms with Gasteiger partial charge in [0.15, 0.2) is 0 Å². The van der Waals surface area contributed by atoms with Gasteiger partial charge >= 0.3 is 0 Å². The first-order valence-corrected chi connectivity index (χ1v) is 5.33. The van der Waals surface area contributed by atoms with Gasteiger partial charge in [-0.3, -0.25) is 4.79 Å². The van der Waals surface area contributed by atoms with Crippen molar-refractivity contribution >= 4 is 12.0 Å². The normalized spacial score (nSPS) is 11.3. The van der Waals surface area contributed by atoms with Crippen LogP contribution in [0.4, 0.5) is 5.69 Å². The Bertz CT molecular complexity index is 386. The van der Waals surface area contributed by atoms with Gasteiger partial charge in [-0.1, -0.05) is 0 Å². The van der Waals surface area contributed by atoms with Crippen LogP contribution >= 0.6 is 0 Å². The number of aliphatic hydroxyl groups excluding tert-OH is 1. The van der Waals surface area contributed by atoms with Gasteiger partial charge in [-0.15, -0.1) is 0 Å². The molecule has 0 atom stereocenters. The second kappa shape index (κ2) is 4.66. The zero-order valence-corrected chi connectivity index (χ0v) is 10.3. The Kier molecular flexibility index (Phi) is 3.70. The lowest BCUT2D eigenvalue weighted by Gasteiger charge is -2.36. The molecule has 1 N–H and O–H groups in total. The zero-order valence-electron chi connectivity index (χ0n) is 10.3. The summed E-state index contributed by atoms with van der Waals surface area (Å²) in [5.74, 6) is 0. The molecule has 16 heavy (non-hydrogen) atoms. The Morgan fingerprint density at radius 2 is 2.06 bits per heavy atom. The summed E-state index contributed by atoms with van der Waals surface area (Å²) >= 11 is 0. The summed E-state index contributed by atoms with van der Waals surface area (Å²) in [5, 5.41) is 9.30. The van der Waals surface area contributed by atoms with E-state index in [4.69, 9.17) is 0 Å². The number of rotatable bonds is 4. The number of aryl methyl sites for hydroxylation is 1. The minimum atomic E-state index is -0.310. The van der Waals surface area contributed by atoms with Crippen LogP contribution in [0.1, 0.15) is 29.8 Å². The molecule has 3 nitrogen and oxygen atoms in total. The second-order valence-electron chi connectivity index (χ2n) is 4.69. The molecule has 0 heterocycles. The number of carbonyl (C=O) groups excluding carboxylic acids is 1. The summed E-state index contributed by atoms with van der Waals surface area (Å²) in [5.41, 5.74) is 2.35. The number of anilines is 1. The molecule has 3 heteroatoms. The molecular formula is C13H19NO2. The van der Waals surface area contributed by atoms with Crippen LogP contribution in [0, 0.1) is 6.92 Å². The third-order valence-corrected chi connectivity index (χ3v) is 3.06. The van der Waals surface area contributed by atoms with Crippen molar-refractivity contribution < 1.29 is 9.90 Å². The molecular weight excluding hydrogens is 202 g/mol. The highest BCUT2D eigenvalue weighted by molar-refractivity contribution is 5.78. The van der Waals surface area contributed by atoms with E-state index in [-0.39, 0.29) is 12.1 Å². The highest BCUT2D eigenvalue weighted by Gasteiger charge is 2.22. The average Bonchev–Trinajstić information content (AvgIpc) is 2.27. The van der Waals surface area contributed by atoms with Gasteiger partial charge in [0.2, 0.25) is 0 Å². The minimum absolute atomic E-state index is 0.0813. The maximum Gasteiger partial charge on any atom is 0.150 e. The summed E-state index contributed by atoms with van der Waals surface area (Å²) in [6.45, 7) is 5.93. The van der Waals surface area contributed by atoms with Crippen LogP contribution in [-0.4, -0.2) is 30.6 Å². The van der Waals surface area contributed by atoms with Crippen LogP contribution in [-0.2, 0) is 0 Å². The SMILES string of the molecule is Cc1cc(N(C)C(C)(C)CO)ccc1C=O. The average molecular weight is 221 g/mol. The standard InChI is InChI=1S/C13H19NO2/c1-10-7-12(6-5-11(10)8-15)14(4)13(2,3)9-16/h5-8,16H,9H2,1-4H3. The summed E-state index contributed by atoms with van der Waals surface area (Å²) < 4.78 is 0. The van der Waals surface area contributed by atoms with Gasteiger partial charge in [-0.05, 0) is 44.5 Å². The number of hydrogen-bond donors (Lipinski definition) is 1. The number of nitrogens with zero attached hydrogens (tertiary/aromatic N) is 1. The molecule has 0 radical (unpaired) electrons. The Balaban J connectivity index is 3.06. The van der Waals surface area contributed by atoms with Gasteiger partial charge in [0.1, 0.15) is 6.29 Å². The fraction of sp³-hybridized carbons (Fsp3) is 0.462. The Morgan fingerprint density at radius 1 is 1.44 bits per heavy atom. The van der Waals surface area contributed by atoms with Crippen LogP contribution in [0.25, 0.3) is 0 Å². The fourth-order valence-corrected chi connectivity index (χ4v) is 1.46. The first-order valence-electron chi connectivity index (χ1n) is 5.33. The predicted molar refractivity (Wildman–Crippen MR) is 66.1 cm³/mol. The van der Waals surface area contributed by atoms with E-state index in [0.717, 1.165) is 17.5 Å². The van der Waals surface area contributed by atoms with Gasteiger partial charge in [-0.2, -0.15) is 0 Å². The van der Waals surface area contributed by atoms with Crippen molar-refractivity contribution in [3.63, 3.8) is 0 Å². The summed E-state index contributed by atoms with van der Waals surface area (Å²) in [6, 6.07) is 5.66. The highest BCUT2D eigenvalue weighted by atomic mass is 16.3. The number of benzene rings is 1. The molecule has 0 fully saturated rings. The molecule has 0 amide bonds. The Hall–Kier alpha value is -1.35. The zero-order chi connectivity index (χ0) is 12.3. The molecule has 1 rings (SSSR count). The minimum Gasteiger partial charge on any atom is -0.394 e. The van der Waals surface area contributed by atoms with E-state index in [1.54, 1.807) is 0 Å². The number of hydrogen-bond acceptors (Lipinski definition) is 3. The van der Waals surface area contributed by atoms with Crippen LogP contribution in [0.5, 0.6) is 0 Å². The maximum absolute atomic E-state index is 10.7. The van der Waals surface area contributed by atoms with Crippen LogP contribution in [0.3, 0.4) is 0 Å². The molecule has 0 unspecified atom stereocenters. The van der Waals surface area contributed by atoms with Crippen molar-refractivity contribution in [2.75, 3.05) is 18.6 Å². The third-order valence-electron chi connectivity index (χ3n) is 3.06. The first kappa shape index (κ1) is 12.7. The largest absolute Gasteiger partial charge is 0.394 e. The summed E-state index contributed by atoms with van der Waals surface area (Å²) in [4.78, 5) is 12.7. The monoisotopic (exact) mass is 221 g/mol. The molecule has 0 spiro atoms. The summed E-state index contributed by atoms with van der Waals surface area (Å²) in [7, 11) is 1.94. The van der Waals surface area contributed by atoms with Gasteiger partial charge in [0, 0.05) is 18.3 Å². The van der Waals surface area contributed by atoms with E-state index >= 15 is 0 Å².